The second-order valence-corrected chi connectivity index (χ2v) is 9.77. The average Bonchev–Trinajstić information content (AvgIpc) is 3.32. The number of likely N-dealkylation sites (tertiary alicyclic amines) is 1. The van der Waals surface area contributed by atoms with Crippen molar-refractivity contribution in [1.82, 2.24) is 15.1 Å². The first-order valence-corrected chi connectivity index (χ1v) is 13.0. The maximum Gasteiger partial charge on any atom is 0.256 e. The average molecular weight is 499 g/mol. The van der Waals surface area contributed by atoms with Crippen molar-refractivity contribution in [3.63, 3.8) is 0 Å². The van der Waals surface area contributed by atoms with Gasteiger partial charge in [0.1, 0.15) is 12.4 Å². The van der Waals surface area contributed by atoms with Crippen molar-refractivity contribution in [2.24, 2.45) is 5.92 Å². The van der Waals surface area contributed by atoms with Crippen molar-refractivity contribution in [1.29, 1.82) is 0 Å². The lowest BCUT2D eigenvalue weighted by atomic mass is 9.90. The Hall–Kier alpha value is -3.68. The zero-order valence-electron chi connectivity index (χ0n) is 21.3. The normalized spacial score (nSPS) is 14.6. The molecule has 0 aliphatic carbocycles. The minimum Gasteiger partial charge on any atom is -0.491 e. The van der Waals surface area contributed by atoms with E-state index in [9.17, 15) is 4.79 Å². The molecule has 0 radical (unpaired) electrons. The second kappa shape index (κ2) is 12.0. The predicted octanol–water partition coefficient (Wildman–Crippen LogP) is 5.30. The highest BCUT2D eigenvalue weighted by molar-refractivity contribution is 6.07. The highest BCUT2D eigenvalue weighted by Gasteiger charge is 2.17. The van der Waals surface area contributed by atoms with Gasteiger partial charge in [0.15, 0.2) is 5.82 Å². The molecule has 3 aromatic carbocycles. The quantitative estimate of drug-likeness (QED) is 0.290. The Morgan fingerprint density at radius 3 is 2.57 bits per heavy atom. The number of piperidine rings is 1. The molecule has 1 saturated heterocycles. The fourth-order valence-corrected chi connectivity index (χ4v) is 4.74. The Kier molecular flexibility index (Phi) is 8.13. The molecule has 2 heterocycles. The summed E-state index contributed by atoms with van der Waals surface area (Å²) in [6, 6.07) is 23.7. The summed E-state index contributed by atoms with van der Waals surface area (Å²) in [6.07, 6.45) is 3.54. The summed E-state index contributed by atoms with van der Waals surface area (Å²) in [6.45, 7) is 3.84. The van der Waals surface area contributed by atoms with E-state index in [4.69, 9.17) is 9.47 Å². The molecule has 1 aliphatic rings. The lowest BCUT2D eigenvalue weighted by molar-refractivity contribution is 0.0889. The van der Waals surface area contributed by atoms with Gasteiger partial charge < -0.3 is 19.7 Å². The summed E-state index contributed by atoms with van der Waals surface area (Å²) >= 11 is 0. The van der Waals surface area contributed by atoms with Crippen LogP contribution in [0.15, 0.2) is 72.8 Å². The SMILES string of the molecule is CN1CCC(Cc2ccc(C(=O)Nc3n[nH]c4cc(OCCOCc5ccccc5)ccc34)cc2)CC1. The summed E-state index contributed by atoms with van der Waals surface area (Å²) in [4.78, 5) is 15.2. The molecule has 192 valence electrons. The Balaban J connectivity index is 1.11. The summed E-state index contributed by atoms with van der Waals surface area (Å²) in [5, 5.41) is 11.1. The van der Waals surface area contributed by atoms with Gasteiger partial charge in [-0.15, -0.1) is 0 Å². The summed E-state index contributed by atoms with van der Waals surface area (Å²) < 4.78 is 11.5. The largest absolute Gasteiger partial charge is 0.491 e. The van der Waals surface area contributed by atoms with E-state index in [1.54, 1.807) is 0 Å². The van der Waals surface area contributed by atoms with Crippen LogP contribution in [0, 0.1) is 5.92 Å². The smallest absolute Gasteiger partial charge is 0.256 e. The highest BCUT2D eigenvalue weighted by Crippen LogP contribution is 2.26. The number of benzene rings is 3. The number of ether oxygens (including phenoxy) is 2. The number of rotatable bonds is 10. The third-order valence-electron chi connectivity index (χ3n) is 6.95. The number of aromatic amines is 1. The van der Waals surface area contributed by atoms with Crippen molar-refractivity contribution < 1.29 is 14.3 Å². The van der Waals surface area contributed by atoms with Crippen LogP contribution in [0.2, 0.25) is 0 Å². The van der Waals surface area contributed by atoms with E-state index in [-0.39, 0.29) is 5.91 Å². The van der Waals surface area contributed by atoms with Gasteiger partial charge in [0.25, 0.3) is 5.91 Å². The van der Waals surface area contributed by atoms with Crippen molar-refractivity contribution in [2.45, 2.75) is 25.9 Å². The molecule has 1 fully saturated rings. The number of amides is 1. The lowest BCUT2D eigenvalue weighted by Gasteiger charge is -2.28. The maximum absolute atomic E-state index is 12.9. The van der Waals surface area contributed by atoms with Crippen molar-refractivity contribution >= 4 is 22.6 Å². The molecule has 1 amide bonds. The molecule has 1 aromatic heterocycles. The number of nitrogens with one attached hydrogen (secondary N) is 2. The molecular formula is C30H34N4O3. The van der Waals surface area contributed by atoms with Crippen LogP contribution in [0.4, 0.5) is 5.82 Å². The molecule has 1 aliphatic heterocycles. The van der Waals surface area contributed by atoms with E-state index in [0.717, 1.165) is 34.6 Å². The van der Waals surface area contributed by atoms with Gasteiger partial charge in [-0.05, 0) is 80.7 Å². The van der Waals surface area contributed by atoms with Gasteiger partial charge in [-0.1, -0.05) is 42.5 Å². The number of hydrogen-bond acceptors (Lipinski definition) is 5. The first-order chi connectivity index (χ1) is 18.1. The van der Waals surface area contributed by atoms with Crippen LogP contribution < -0.4 is 10.1 Å². The Labute approximate surface area is 217 Å². The Bertz CT molecular complexity index is 1300. The van der Waals surface area contributed by atoms with E-state index < -0.39 is 0 Å². The molecular weight excluding hydrogens is 464 g/mol. The topological polar surface area (TPSA) is 79.5 Å². The number of anilines is 1. The van der Waals surface area contributed by atoms with E-state index in [0.29, 0.717) is 31.2 Å². The molecule has 37 heavy (non-hydrogen) atoms. The first kappa shape index (κ1) is 25.0. The Morgan fingerprint density at radius 2 is 1.78 bits per heavy atom. The van der Waals surface area contributed by atoms with Gasteiger partial charge in [-0.2, -0.15) is 5.10 Å². The lowest BCUT2D eigenvalue weighted by Crippen LogP contribution is -2.30. The first-order valence-electron chi connectivity index (χ1n) is 13.0. The minimum absolute atomic E-state index is 0.171. The van der Waals surface area contributed by atoms with Crippen molar-refractivity contribution in [2.75, 3.05) is 38.7 Å². The van der Waals surface area contributed by atoms with Crippen LogP contribution in [0.1, 0.15) is 34.3 Å². The Morgan fingerprint density at radius 1 is 1.00 bits per heavy atom. The number of fused-ring (bicyclic) bond motifs is 1. The molecule has 5 rings (SSSR count). The number of carbonyl (C=O) groups excluding carboxylic acids is 1. The number of carbonyl (C=O) groups is 1. The highest BCUT2D eigenvalue weighted by atomic mass is 16.5. The van der Waals surface area contributed by atoms with Crippen LogP contribution in [0.3, 0.4) is 0 Å². The zero-order chi connectivity index (χ0) is 25.5. The molecule has 0 spiro atoms. The summed E-state index contributed by atoms with van der Waals surface area (Å²) in [5.41, 5.74) is 3.85. The van der Waals surface area contributed by atoms with Gasteiger partial charge in [0.2, 0.25) is 0 Å². The van der Waals surface area contributed by atoms with Gasteiger partial charge in [-0.3, -0.25) is 9.89 Å². The predicted molar refractivity (Wildman–Crippen MR) is 146 cm³/mol. The van der Waals surface area contributed by atoms with E-state index in [1.807, 2.05) is 60.7 Å². The summed E-state index contributed by atoms with van der Waals surface area (Å²) in [7, 11) is 2.18. The molecule has 0 saturated carbocycles. The fourth-order valence-electron chi connectivity index (χ4n) is 4.74. The summed E-state index contributed by atoms with van der Waals surface area (Å²) in [5.74, 6) is 1.78. The van der Waals surface area contributed by atoms with Gasteiger partial charge in [0.05, 0.1) is 18.7 Å². The fraction of sp³-hybridized carbons (Fsp3) is 0.333. The van der Waals surface area contributed by atoms with E-state index in [1.165, 1.54) is 31.5 Å². The number of aromatic nitrogens is 2. The molecule has 7 heteroatoms. The maximum atomic E-state index is 12.9. The van der Waals surface area contributed by atoms with Crippen LogP contribution in [0.25, 0.3) is 10.9 Å². The molecule has 7 nitrogen and oxygen atoms in total. The van der Waals surface area contributed by atoms with Crippen LogP contribution in [-0.2, 0) is 17.8 Å². The number of nitrogens with zero attached hydrogens (tertiary/aromatic N) is 2. The van der Waals surface area contributed by atoms with E-state index >= 15 is 0 Å². The van der Waals surface area contributed by atoms with Crippen LogP contribution in [-0.4, -0.2) is 54.4 Å². The van der Waals surface area contributed by atoms with E-state index in [2.05, 4.69) is 39.6 Å². The van der Waals surface area contributed by atoms with Crippen LogP contribution >= 0.6 is 0 Å². The minimum atomic E-state index is -0.171. The molecule has 0 unspecified atom stereocenters. The van der Waals surface area contributed by atoms with Gasteiger partial charge in [-0.25, -0.2) is 0 Å². The monoisotopic (exact) mass is 498 g/mol. The van der Waals surface area contributed by atoms with Crippen LogP contribution in [0.5, 0.6) is 5.75 Å². The molecule has 0 bridgehead atoms. The number of H-pyrrole nitrogens is 1. The zero-order valence-corrected chi connectivity index (χ0v) is 21.3. The number of hydrogen-bond donors (Lipinski definition) is 2. The van der Waals surface area contributed by atoms with Crippen molar-refractivity contribution in [3.8, 4) is 5.75 Å². The third kappa shape index (κ3) is 6.76. The second-order valence-electron chi connectivity index (χ2n) is 9.77. The molecule has 2 N–H and O–H groups in total. The van der Waals surface area contributed by atoms with Gasteiger partial charge >= 0.3 is 0 Å². The van der Waals surface area contributed by atoms with Gasteiger partial charge in [0, 0.05) is 17.0 Å². The molecule has 4 aromatic rings. The molecule has 0 atom stereocenters. The standard InChI is InChI=1S/C30H34N4O3/c1-34-15-13-23(14-16-34)19-22-7-9-25(10-8-22)30(35)31-29-27-12-11-26(20-28(27)32-33-29)37-18-17-36-21-24-5-3-2-4-6-24/h2-12,20,23H,13-19,21H2,1H3,(H2,31,32,33,35). The van der Waals surface area contributed by atoms with Crippen molar-refractivity contribution in [3.05, 3.63) is 89.5 Å². The third-order valence-corrected chi connectivity index (χ3v) is 6.95.